The van der Waals surface area contributed by atoms with E-state index in [-0.39, 0.29) is 11.8 Å². The molecule has 1 aliphatic heterocycles. The average Bonchev–Trinajstić information content (AvgIpc) is 2.30. The van der Waals surface area contributed by atoms with Gasteiger partial charge in [-0.15, -0.1) is 0 Å². The molecular weight excluding hydrogens is 224 g/mol. The molecule has 0 aromatic carbocycles. The fraction of sp³-hybridized carbons (Fsp3) is 1.00. The van der Waals surface area contributed by atoms with Gasteiger partial charge in [-0.25, -0.2) is 0 Å². The molecular formula is C11H24N2O2S. The molecule has 0 saturated carbocycles. The quantitative estimate of drug-likeness (QED) is 0.728. The molecule has 4 nitrogen and oxygen atoms in total. The van der Waals surface area contributed by atoms with E-state index in [9.17, 15) is 0 Å². The molecule has 0 aromatic rings. The summed E-state index contributed by atoms with van der Waals surface area (Å²) in [5.41, 5.74) is 5.70. The monoisotopic (exact) mass is 248 g/mol. The van der Waals surface area contributed by atoms with Crippen molar-refractivity contribution in [1.29, 1.82) is 0 Å². The van der Waals surface area contributed by atoms with Gasteiger partial charge in [0.25, 0.3) is 0 Å². The number of rotatable bonds is 5. The maximum atomic E-state index is 5.94. The van der Waals surface area contributed by atoms with E-state index in [1.807, 2.05) is 11.8 Å². The zero-order valence-corrected chi connectivity index (χ0v) is 11.5. The number of thioether (sulfide) groups is 1. The lowest BCUT2D eigenvalue weighted by molar-refractivity contribution is -0.185. The van der Waals surface area contributed by atoms with Gasteiger partial charge in [0.2, 0.25) is 0 Å². The molecule has 2 atom stereocenters. The first-order valence-electron chi connectivity index (χ1n) is 5.70. The second kappa shape index (κ2) is 6.21. The van der Waals surface area contributed by atoms with Crippen LogP contribution < -0.4 is 5.73 Å². The Kier molecular flexibility index (Phi) is 5.53. The van der Waals surface area contributed by atoms with Gasteiger partial charge in [-0.05, 0) is 13.8 Å². The number of hydrogen-bond donors (Lipinski definition) is 1. The molecule has 0 spiro atoms. The number of ether oxygens (including phenoxy) is 2. The molecule has 1 saturated heterocycles. The molecule has 5 heteroatoms. The Balaban J connectivity index is 2.83. The summed E-state index contributed by atoms with van der Waals surface area (Å²) in [7, 11) is 3.34. The van der Waals surface area contributed by atoms with Crippen LogP contribution >= 0.6 is 11.8 Å². The maximum Gasteiger partial charge on any atom is 0.176 e. The highest BCUT2D eigenvalue weighted by molar-refractivity contribution is 7.99. The minimum Gasteiger partial charge on any atom is -0.354 e. The van der Waals surface area contributed by atoms with Crippen molar-refractivity contribution in [3.8, 4) is 0 Å². The molecule has 1 rings (SSSR count). The molecule has 96 valence electrons. The topological polar surface area (TPSA) is 47.7 Å². The molecule has 2 unspecified atom stereocenters. The van der Waals surface area contributed by atoms with Gasteiger partial charge in [0.15, 0.2) is 6.29 Å². The van der Waals surface area contributed by atoms with E-state index in [1.165, 1.54) is 0 Å². The van der Waals surface area contributed by atoms with E-state index < -0.39 is 0 Å². The van der Waals surface area contributed by atoms with Gasteiger partial charge >= 0.3 is 0 Å². The van der Waals surface area contributed by atoms with Crippen molar-refractivity contribution in [2.75, 3.05) is 38.8 Å². The fourth-order valence-electron chi connectivity index (χ4n) is 2.44. The summed E-state index contributed by atoms with van der Waals surface area (Å²) in [6.07, 6.45) is -0.275. The van der Waals surface area contributed by atoms with Gasteiger partial charge in [0.1, 0.15) is 0 Å². The Morgan fingerprint density at radius 1 is 1.50 bits per heavy atom. The van der Waals surface area contributed by atoms with E-state index >= 15 is 0 Å². The van der Waals surface area contributed by atoms with Crippen molar-refractivity contribution in [3.63, 3.8) is 0 Å². The van der Waals surface area contributed by atoms with Gasteiger partial charge in [0, 0.05) is 44.9 Å². The highest BCUT2D eigenvalue weighted by Crippen LogP contribution is 2.28. The molecule has 0 radical (unpaired) electrons. The Bertz CT molecular complexity index is 214. The van der Waals surface area contributed by atoms with Gasteiger partial charge in [0.05, 0.1) is 5.54 Å². The number of hydrogen-bond acceptors (Lipinski definition) is 5. The normalized spacial score (nSPS) is 27.0. The molecule has 0 aromatic heterocycles. The predicted octanol–water partition coefficient (Wildman–Crippen LogP) is 0.760. The molecule has 0 amide bonds. The second-order valence-corrected chi connectivity index (χ2v) is 5.63. The standard InChI is InChI=1S/C11H24N2O2S/c1-9-7-16-6-5-13(9)11(2,8-12)10(14-3)15-4/h9-10H,5-8,12H2,1-4H3. The third-order valence-corrected chi connectivity index (χ3v) is 4.56. The first-order valence-corrected chi connectivity index (χ1v) is 6.85. The van der Waals surface area contributed by atoms with Crippen LogP contribution in [-0.2, 0) is 9.47 Å². The van der Waals surface area contributed by atoms with E-state index in [0.717, 1.165) is 18.1 Å². The van der Waals surface area contributed by atoms with Gasteiger partial charge in [-0.3, -0.25) is 4.90 Å². The molecule has 1 heterocycles. The van der Waals surface area contributed by atoms with Gasteiger partial charge in [-0.1, -0.05) is 0 Å². The summed E-state index contributed by atoms with van der Waals surface area (Å²) in [5.74, 6) is 2.30. The van der Waals surface area contributed by atoms with Crippen LogP contribution in [0.4, 0.5) is 0 Å². The third kappa shape index (κ3) is 2.71. The average molecular weight is 248 g/mol. The Morgan fingerprint density at radius 2 is 2.12 bits per heavy atom. The number of methoxy groups -OCH3 is 2. The summed E-state index contributed by atoms with van der Waals surface area (Å²) < 4.78 is 10.8. The predicted molar refractivity (Wildman–Crippen MR) is 68.8 cm³/mol. The first-order chi connectivity index (χ1) is 7.60. The lowest BCUT2D eigenvalue weighted by atomic mass is 9.97. The molecule has 0 aliphatic carbocycles. The van der Waals surface area contributed by atoms with Crippen LogP contribution in [0.2, 0.25) is 0 Å². The molecule has 1 aliphatic rings. The van der Waals surface area contributed by atoms with E-state index in [4.69, 9.17) is 15.2 Å². The van der Waals surface area contributed by atoms with E-state index in [1.54, 1.807) is 14.2 Å². The Hall–Kier alpha value is 0.190. The summed E-state index contributed by atoms with van der Waals surface area (Å²) in [5, 5.41) is 0. The highest BCUT2D eigenvalue weighted by atomic mass is 32.2. The first kappa shape index (κ1) is 14.3. The SMILES string of the molecule is COC(OC)C(C)(CN)N1CCSCC1C. The summed E-state index contributed by atoms with van der Waals surface area (Å²) in [6.45, 7) is 5.94. The van der Waals surface area contributed by atoms with E-state index in [0.29, 0.717) is 12.6 Å². The maximum absolute atomic E-state index is 5.94. The Morgan fingerprint density at radius 3 is 2.56 bits per heavy atom. The second-order valence-electron chi connectivity index (χ2n) is 4.48. The van der Waals surface area contributed by atoms with Crippen LogP contribution in [-0.4, -0.2) is 61.6 Å². The van der Waals surface area contributed by atoms with Crippen LogP contribution in [0, 0.1) is 0 Å². The van der Waals surface area contributed by atoms with Gasteiger partial charge < -0.3 is 15.2 Å². The van der Waals surface area contributed by atoms with Gasteiger partial charge in [-0.2, -0.15) is 11.8 Å². The van der Waals surface area contributed by atoms with Crippen molar-refractivity contribution in [1.82, 2.24) is 4.90 Å². The summed E-state index contributed by atoms with van der Waals surface area (Å²) in [4.78, 5) is 2.42. The lowest BCUT2D eigenvalue weighted by Gasteiger charge is -2.48. The van der Waals surface area contributed by atoms with Crippen LogP contribution in [0.3, 0.4) is 0 Å². The molecule has 1 fully saturated rings. The molecule has 0 bridgehead atoms. The van der Waals surface area contributed by atoms with Crippen molar-refractivity contribution < 1.29 is 9.47 Å². The minimum atomic E-state index is -0.275. The van der Waals surface area contributed by atoms with Crippen LogP contribution in [0.1, 0.15) is 13.8 Å². The van der Waals surface area contributed by atoms with Crippen LogP contribution in [0.25, 0.3) is 0 Å². The Labute approximate surface area is 103 Å². The van der Waals surface area contributed by atoms with Crippen molar-refractivity contribution in [3.05, 3.63) is 0 Å². The molecule has 16 heavy (non-hydrogen) atoms. The minimum absolute atomic E-state index is 0.246. The van der Waals surface area contributed by atoms with Crippen molar-refractivity contribution in [2.24, 2.45) is 5.73 Å². The van der Waals surface area contributed by atoms with Crippen molar-refractivity contribution >= 4 is 11.8 Å². The fourth-order valence-corrected chi connectivity index (χ4v) is 3.45. The molecule has 2 N–H and O–H groups in total. The zero-order chi connectivity index (χ0) is 12.2. The number of nitrogens with two attached hydrogens (primary N) is 1. The summed E-state index contributed by atoms with van der Waals surface area (Å²) >= 11 is 2.00. The summed E-state index contributed by atoms with van der Waals surface area (Å²) in [6, 6.07) is 0.514. The lowest BCUT2D eigenvalue weighted by Crippen LogP contribution is -2.64. The van der Waals surface area contributed by atoms with Crippen molar-refractivity contribution in [2.45, 2.75) is 31.7 Å². The van der Waals surface area contributed by atoms with Crippen LogP contribution in [0.15, 0.2) is 0 Å². The largest absolute Gasteiger partial charge is 0.354 e. The van der Waals surface area contributed by atoms with Crippen LogP contribution in [0.5, 0.6) is 0 Å². The number of nitrogens with zero attached hydrogens (tertiary/aromatic N) is 1. The smallest absolute Gasteiger partial charge is 0.176 e. The third-order valence-electron chi connectivity index (χ3n) is 3.37. The zero-order valence-electron chi connectivity index (χ0n) is 10.7. The highest BCUT2D eigenvalue weighted by Gasteiger charge is 2.42. The van der Waals surface area contributed by atoms with E-state index in [2.05, 4.69) is 18.7 Å².